The molecule has 3 aromatic rings. The summed E-state index contributed by atoms with van der Waals surface area (Å²) in [6, 6.07) is 17.8. The van der Waals surface area contributed by atoms with Crippen molar-refractivity contribution < 1.29 is 9.59 Å². The summed E-state index contributed by atoms with van der Waals surface area (Å²) in [7, 11) is 0. The Kier molecular flexibility index (Phi) is 5.81. The number of halogens is 1. The highest BCUT2D eigenvalue weighted by atomic mass is 35.5. The summed E-state index contributed by atoms with van der Waals surface area (Å²) in [4.78, 5) is 25.3. The van der Waals surface area contributed by atoms with E-state index >= 15 is 0 Å². The van der Waals surface area contributed by atoms with Crippen LogP contribution in [-0.4, -0.2) is 11.8 Å². The van der Waals surface area contributed by atoms with Crippen molar-refractivity contribution >= 4 is 34.8 Å². The topological polar surface area (TPSA) is 58.2 Å². The zero-order valence-corrected chi connectivity index (χ0v) is 16.7. The van der Waals surface area contributed by atoms with Crippen molar-refractivity contribution in [3.8, 4) is 0 Å². The minimum atomic E-state index is -0.299. The number of amides is 2. The highest BCUT2D eigenvalue weighted by Crippen LogP contribution is 2.22. The molecule has 0 saturated carbocycles. The summed E-state index contributed by atoms with van der Waals surface area (Å²) in [6.45, 7) is 5.84. The minimum absolute atomic E-state index is 0.196. The lowest BCUT2D eigenvalue weighted by Gasteiger charge is -2.13. The molecule has 0 radical (unpaired) electrons. The zero-order valence-electron chi connectivity index (χ0n) is 16.0. The molecule has 0 atom stereocenters. The Morgan fingerprint density at radius 1 is 0.786 bits per heavy atom. The fourth-order valence-electron chi connectivity index (χ4n) is 3.23. The van der Waals surface area contributed by atoms with Crippen LogP contribution < -0.4 is 10.6 Å². The molecule has 3 rings (SSSR count). The molecule has 0 bridgehead atoms. The number of carbonyl (C=O) groups excluding carboxylic acids is 2. The van der Waals surface area contributed by atoms with Gasteiger partial charge in [-0.15, -0.1) is 0 Å². The number of hydrogen-bond acceptors (Lipinski definition) is 2. The van der Waals surface area contributed by atoms with Crippen LogP contribution in [0.2, 0.25) is 5.02 Å². The molecule has 0 saturated heterocycles. The Morgan fingerprint density at radius 2 is 1.46 bits per heavy atom. The van der Waals surface area contributed by atoms with Crippen molar-refractivity contribution in [1.29, 1.82) is 0 Å². The quantitative estimate of drug-likeness (QED) is 0.592. The first kappa shape index (κ1) is 19.6. The van der Waals surface area contributed by atoms with Gasteiger partial charge in [0.25, 0.3) is 11.8 Å². The van der Waals surface area contributed by atoms with Crippen LogP contribution in [-0.2, 0) is 0 Å². The van der Waals surface area contributed by atoms with E-state index in [9.17, 15) is 9.59 Å². The summed E-state index contributed by atoms with van der Waals surface area (Å²) < 4.78 is 0. The summed E-state index contributed by atoms with van der Waals surface area (Å²) in [5.41, 5.74) is 5.12. The number of benzene rings is 3. The van der Waals surface area contributed by atoms with E-state index in [4.69, 9.17) is 11.6 Å². The zero-order chi connectivity index (χ0) is 20.3. The second-order valence-corrected chi connectivity index (χ2v) is 7.15. The number of carbonyl (C=O) groups is 2. The standard InChI is InChI=1S/C23H21ClN2O2/c1-14-11-15(2)21(16(3)12-14)23(28)25-18-8-6-7-17(13-18)22(27)26-20-10-5-4-9-19(20)24/h4-13H,1-3H3,(H,25,28)(H,26,27). The Morgan fingerprint density at radius 3 is 2.14 bits per heavy atom. The molecule has 2 N–H and O–H groups in total. The van der Waals surface area contributed by atoms with Crippen LogP contribution in [0, 0.1) is 20.8 Å². The van der Waals surface area contributed by atoms with Crippen LogP contribution in [0.1, 0.15) is 37.4 Å². The maximum atomic E-state index is 12.8. The van der Waals surface area contributed by atoms with E-state index in [1.54, 1.807) is 48.5 Å². The molecule has 0 fully saturated rings. The van der Waals surface area contributed by atoms with Gasteiger partial charge in [0.15, 0.2) is 0 Å². The molecule has 4 nitrogen and oxygen atoms in total. The van der Waals surface area contributed by atoms with Crippen LogP contribution in [0.25, 0.3) is 0 Å². The first-order chi connectivity index (χ1) is 13.3. The van der Waals surface area contributed by atoms with Crippen molar-refractivity contribution in [2.75, 3.05) is 10.6 Å². The fourth-order valence-corrected chi connectivity index (χ4v) is 3.41. The summed E-state index contributed by atoms with van der Waals surface area (Å²) in [5.74, 6) is -0.495. The Bertz CT molecular complexity index is 1040. The van der Waals surface area contributed by atoms with Crippen LogP contribution in [0.5, 0.6) is 0 Å². The predicted molar refractivity (Wildman–Crippen MR) is 114 cm³/mol. The van der Waals surface area contributed by atoms with Gasteiger partial charge < -0.3 is 10.6 Å². The number of rotatable bonds is 4. The molecular formula is C23H21ClN2O2. The highest BCUT2D eigenvalue weighted by molar-refractivity contribution is 6.33. The van der Waals surface area contributed by atoms with Crippen molar-refractivity contribution in [3.63, 3.8) is 0 Å². The SMILES string of the molecule is Cc1cc(C)c(C(=O)Nc2cccc(C(=O)Nc3ccccc3Cl)c2)c(C)c1. The molecule has 142 valence electrons. The number of para-hydroxylation sites is 1. The summed E-state index contributed by atoms with van der Waals surface area (Å²) in [6.07, 6.45) is 0. The lowest BCUT2D eigenvalue weighted by Crippen LogP contribution is -2.16. The molecule has 0 aromatic heterocycles. The van der Waals surface area contributed by atoms with Crippen molar-refractivity contribution in [2.45, 2.75) is 20.8 Å². The van der Waals surface area contributed by atoms with Gasteiger partial charge in [0.1, 0.15) is 0 Å². The van der Waals surface area contributed by atoms with E-state index in [0.717, 1.165) is 16.7 Å². The van der Waals surface area contributed by atoms with Gasteiger partial charge in [0.2, 0.25) is 0 Å². The van der Waals surface area contributed by atoms with Gasteiger partial charge in [-0.2, -0.15) is 0 Å². The third kappa shape index (κ3) is 4.41. The number of aryl methyl sites for hydroxylation is 3. The Balaban J connectivity index is 1.79. The van der Waals surface area contributed by atoms with E-state index in [1.807, 2.05) is 32.9 Å². The van der Waals surface area contributed by atoms with Gasteiger partial charge in [-0.3, -0.25) is 9.59 Å². The van der Waals surface area contributed by atoms with E-state index in [0.29, 0.717) is 27.5 Å². The lowest BCUT2D eigenvalue weighted by molar-refractivity contribution is 0.101. The minimum Gasteiger partial charge on any atom is -0.322 e. The van der Waals surface area contributed by atoms with E-state index in [2.05, 4.69) is 10.6 Å². The third-order valence-corrected chi connectivity index (χ3v) is 4.74. The third-order valence-electron chi connectivity index (χ3n) is 4.41. The largest absolute Gasteiger partial charge is 0.322 e. The molecule has 2 amide bonds. The Labute approximate surface area is 169 Å². The average Bonchev–Trinajstić information content (AvgIpc) is 2.63. The van der Waals surface area contributed by atoms with Crippen LogP contribution in [0.3, 0.4) is 0 Å². The van der Waals surface area contributed by atoms with E-state index < -0.39 is 0 Å². The summed E-state index contributed by atoms with van der Waals surface area (Å²) >= 11 is 6.09. The van der Waals surface area contributed by atoms with E-state index in [-0.39, 0.29) is 11.8 Å². The molecule has 5 heteroatoms. The fraction of sp³-hybridized carbons (Fsp3) is 0.130. The molecule has 28 heavy (non-hydrogen) atoms. The van der Waals surface area contributed by atoms with Gasteiger partial charge in [-0.1, -0.05) is 47.5 Å². The molecule has 0 aliphatic rings. The lowest BCUT2D eigenvalue weighted by atomic mass is 9.99. The highest BCUT2D eigenvalue weighted by Gasteiger charge is 2.14. The second kappa shape index (κ2) is 8.28. The maximum absolute atomic E-state index is 12.8. The molecule has 0 aliphatic heterocycles. The molecule has 0 heterocycles. The molecule has 0 spiro atoms. The van der Waals surface area contributed by atoms with Crippen LogP contribution >= 0.6 is 11.6 Å². The van der Waals surface area contributed by atoms with Gasteiger partial charge >= 0.3 is 0 Å². The van der Waals surface area contributed by atoms with Gasteiger partial charge in [-0.25, -0.2) is 0 Å². The van der Waals surface area contributed by atoms with Gasteiger partial charge in [0.05, 0.1) is 10.7 Å². The van der Waals surface area contributed by atoms with Gasteiger partial charge in [-0.05, 0) is 62.2 Å². The number of nitrogens with one attached hydrogen (secondary N) is 2. The monoisotopic (exact) mass is 392 g/mol. The van der Waals surface area contributed by atoms with Gasteiger partial charge in [0, 0.05) is 16.8 Å². The predicted octanol–water partition coefficient (Wildman–Crippen LogP) is 5.77. The number of anilines is 2. The van der Waals surface area contributed by atoms with Crippen molar-refractivity contribution in [2.24, 2.45) is 0 Å². The smallest absolute Gasteiger partial charge is 0.256 e. The first-order valence-corrected chi connectivity index (χ1v) is 9.28. The Hall–Kier alpha value is -3.11. The summed E-state index contributed by atoms with van der Waals surface area (Å²) in [5, 5.41) is 6.13. The first-order valence-electron chi connectivity index (χ1n) is 8.90. The average molecular weight is 393 g/mol. The molecule has 0 aliphatic carbocycles. The van der Waals surface area contributed by atoms with E-state index in [1.165, 1.54) is 0 Å². The van der Waals surface area contributed by atoms with Crippen molar-refractivity contribution in [1.82, 2.24) is 0 Å². The molecule has 0 unspecified atom stereocenters. The molecule has 3 aromatic carbocycles. The van der Waals surface area contributed by atoms with Crippen LogP contribution in [0.15, 0.2) is 60.7 Å². The normalized spacial score (nSPS) is 10.4. The van der Waals surface area contributed by atoms with Crippen LogP contribution in [0.4, 0.5) is 11.4 Å². The molecular weight excluding hydrogens is 372 g/mol. The van der Waals surface area contributed by atoms with Crippen molar-refractivity contribution in [3.05, 3.63) is 93.5 Å². The number of hydrogen-bond donors (Lipinski definition) is 2. The maximum Gasteiger partial charge on any atom is 0.256 e. The second-order valence-electron chi connectivity index (χ2n) is 6.74.